The zero-order valence-corrected chi connectivity index (χ0v) is 6.74. The highest BCUT2D eigenvalue weighted by atomic mass is 16.5. The van der Waals surface area contributed by atoms with E-state index in [0.717, 1.165) is 0 Å². The van der Waals surface area contributed by atoms with E-state index in [-0.39, 0.29) is 5.97 Å². The maximum atomic E-state index is 10.2. The average Bonchev–Trinajstić information content (AvgIpc) is 1.96. The summed E-state index contributed by atoms with van der Waals surface area (Å²) in [4.78, 5) is 10.2. The van der Waals surface area contributed by atoms with Crippen LogP contribution in [-0.4, -0.2) is 19.7 Å². The van der Waals surface area contributed by atoms with Crippen molar-refractivity contribution in [2.24, 2.45) is 0 Å². The van der Waals surface area contributed by atoms with Gasteiger partial charge in [0.15, 0.2) is 0 Å². The number of esters is 1. The standard InChI is InChI=1S/C8H12O3/c1-8(9)11-7-5-3-4-6-10-2/h3-6H,7H2,1-2H3/b5-3-,6-4+. The molecule has 0 aliphatic rings. The predicted molar refractivity (Wildman–Crippen MR) is 41.9 cm³/mol. The van der Waals surface area contributed by atoms with E-state index < -0.39 is 0 Å². The van der Waals surface area contributed by atoms with Crippen LogP contribution in [0.4, 0.5) is 0 Å². The number of carbonyl (C=O) groups is 1. The topological polar surface area (TPSA) is 35.5 Å². The van der Waals surface area contributed by atoms with E-state index in [4.69, 9.17) is 0 Å². The average molecular weight is 156 g/mol. The summed E-state index contributed by atoms with van der Waals surface area (Å²) in [5.74, 6) is -0.273. The van der Waals surface area contributed by atoms with Crippen LogP contribution < -0.4 is 0 Å². The molecule has 0 atom stereocenters. The molecule has 0 bridgehead atoms. The van der Waals surface area contributed by atoms with E-state index in [2.05, 4.69) is 9.47 Å². The van der Waals surface area contributed by atoms with Crippen molar-refractivity contribution in [2.45, 2.75) is 6.92 Å². The Morgan fingerprint density at radius 2 is 2.18 bits per heavy atom. The number of hydrogen-bond acceptors (Lipinski definition) is 3. The van der Waals surface area contributed by atoms with Gasteiger partial charge in [0.05, 0.1) is 13.4 Å². The molecule has 62 valence electrons. The third-order valence-corrected chi connectivity index (χ3v) is 0.845. The van der Waals surface area contributed by atoms with Crippen molar-refractivity contribution >= 4 is 5.97 Å². The molecule has 11 heavy (non-hydrogen) atoms. The fourth-order valence-corrected chi connectivity index (χ4v) is 0.424. The highest BCUT2D eigenvalue weighted by Crippen LogP contribution is 1.80. The van der Waals surface area contributed by atoms with Gasteiger partial charge in [-0.2, -0.15) is 0 Å². The van der Waals surface area contributed by atoms with Crippen molar-refractivity contribution in [3.8, 4) is 0 Å². The van der Waals surface area contributed by atoms with Gasteiger partial charge in [0, 0.05) is 6.92 Å². The third-order valence-electron chi connectivity index (χ3n) is 0.845. The first-order valence-corrected chi connectivity index (χ1v) is 3.25. The summed E-state index contributed by atoms with van der Waals surface area (Å²) in [6.45, 7) is 1.68. The third kappa shape index (κ3) is 8.75. The van der Waals surface area contributed by atoms with E-state index >= 15 is 0 Å². The Balaban J connectivity index is 3.30. The van der Waals surface area contributed by atoms with Crippen LogP contribution in [0.2, 0.25) is 0 Å². The number of allylic oxidation sites excluding steroid dienone is 2. The van der Waals surface area contributed by atoms with E-state index in [1.165, 1.54) is 13.2 Å². The van der Waals surface area contributed by atoms with E-state index in [0.29, 0.717) is 6.61 Å². The minimum absolute atomic E-state index is 0.273. The molecule has 0 unspecified atom stereocenters. The van der Waals surface area contributed by atoms with Gasteiger partial charge in [0.25, 0.3) is 0 Å². The van der Waals surface area contributed by atoms with Crippen LogP contribution in [0.25, 0.3) is 0 Å². The van der Waals surface area contributed by atoms with Gasteiger partial charge < -0.3 is 9.47 Å². The van der Waals surface area contributed by atoms with Crippen molar-refractivity contribution in [1.82, 2.24) is 0 Å². The Bertz CT molecular complexity index is 159. The maximum Gasteiger partial charge on any atom is 0.302 e. The van der Waals surface area contributed by atoms with Crippen LogP contribution in [0.1, 0.15) is 6.92 Å². The largest absolute Gasteiger partial charge is 0.504 e. The molecule has 3 nitrogen and oxygen atoms in total. The summed E-state index contributed by atoms with van der Waals surface area (Å²) in [6.07, 6.45) is 6.71. The Morgan fingerprint density at radius 1 is 1.45 bits per heavy atom. The van der Waals surface area contributed by atoms with Gasteiger partial charge in [-0.25, -0.2) is 0 Å². The van der Waals surface area contributed by atoms with Gasteiger partial charge in [-0.15, -0.1) is 0 Å². The summed E-state index contributed by atoms with van der Waals surface area (Å²) in [6, 6.07) is 0. The van der Waals surface area contributed by atoms with Crippen molar-refractivity contribution in [3.63, 3.8) is 0 Å². The lowest BCUT2D eigenvalue weighted by Gasteiger charge is -1.92. The fraction of sp³-hybridized carbons (Fsp3) is 0.375. The van der Waals surface area contributed by atoms with Crippen LogP contribution >= 0.6 is 0 Å². The summed E-state index contributed by atoms with van der Waals surface area (Å²) in [5, 5.41) is 0. The second-order valence-electron chi connectivity index (χ2n) is 1.79. The van der Waals surface area contributed by atoms with E-state index in [1.807, 2.05) is 0 Å². The van der Waals surface area contributed by atoms with E-state index in [9.17, 15) is 4.79 Å². The molecular formula is C8H12O3. The highest BCUT2D eigenvalue weighted by Gasteiger charge is 1.84. The van der Waals surface area contributed by atoms with Crippen molar-refractivity contribution in [1.29, 1.82) is 0 Å². The quantitative estimate of drug-likeness (QED) is 0.349. The van der Waals surface area contributed by atoms with Gasteiger partial charge in [-0.05, 0) is 12.2 Å². The first-order valence-electron chi connectivity index (χ1n) is 3.25. The minimum Gasteiger partial charge on any atom is -0.504 e. The summed E-state index contributed by atoms with van der Waals surface area (Å²) < 4.78 is 9.25. The number of carbonyl (C=O) groups excluding carboxylic acids is 1. The fourth-order valence-electron chi connectivity index (χ4n) is 0.424. The first kappa shape index (κ1) is 9.75. The Hall–Kier alpha value is -1.25. The zero-order valence-electron chi connectivity index (χ0n) is 6.74. The second-order valence-corrected chi connectivity index (χ2v) is 1.79. The maximum absolute atomic E-state index is 10.2. The Kier molecular flexibility index (Phi) is 6.08. The molecule has 0 amide bonds. The second kappa shape index (κ2) is 6.86. The molecule has 0 aliphatic heterocycles. The minimum atomic E-state index is -0.273. The molecule has 0 rings (SSSR count). The molecular weight excluding hydrogens is 144 g/mol. The molecule has 0 radical (unpaired) electrons. The molecule has 0 aromatic rings. The van der Waals surface area contributed by atoms with Crippen molar-refractivity contribution in [2.75, 3.05) is 13.7 Å². The Labute approximate surface area is 66.3 Å². The Morgan fingerprint density at radius 3 is 2.73 bits per heavy atom. The van der Waals surface area contributed by atoms with Crippen LogP contribution in [0.5, 0.6) is 0 Å². The molecule has 0 saturated heterocycles. The number of ether oxygens (including phenoxy) is 2. The molecule has 0 aromatic heterocycles. The van der Waals surface area contributed by atoms with Crippen LogP contribution in [0.3, 0.4) is 0 Å². The smallest absolute Gasteiger partial charge is 0.302 e. The van der Waals surface area contributed by atoms with Gasteiger partial charge in [0.2, 0.25) is 0 Å². The number of rotatable bonds is 4. The molecule has 0 fully saturated rings. The molecule has 0 aromatic carbocycles. The lowest BCUT2D eigenvalue weighted by Crippen LogP contribution is -1.96. The summed E-state index contributed by atoms with van der Waals surface area (Å²) in [5.41, 5.74) is 0. The highest BCUT2D eigenvalue weighted by molar-refractivity contribution is 5.65. The molecule has 0 saturated carbocycles. The molecule has 0 spiro atoms. The van der Waals surface area contributed by atoms with Gasteiger partial charge >= 0.3 is 5.97 Å². The van der Waals surface area contributed by atoms with Gasteiger partial charge in [0.1, 0.15) is 6.61 Å². The zero-order chi connectivity index (χ0) is 8.53. The van der Waals surface area contributed by atoms with Crippen LogP contribution in [0.15, 0.2) is 24.5 Å². The van der Waals surface area contributed by atoms with Crippen LogP contribution in [-0.2, 0) is 14.3 Å². The number of methoxy groups -OCH3 is 1. The summed E-state index contributed by atoms with van der Waals surface area (Å²) in [7, 11) is 1.57. The van der Waals surface area contributed by atoms with Crippen LogP contribution in [0, 0.1) is 0 Å². The SMILES string of the molecule is CO/C=C/C=C\COC(C)=O. The monoisotopic (exact) mass is 156 g/mol. The lowest BCUT2D eigenvalue weighted by atomic mass is 10.5. The summed E-state index contributed by atoms with van der Waals surface area (Å²) >= 11 is 0. The predicted octanol–water partition coefficient (Wildman–Crippen LogP) is 1.27. The van der Waals surface area contributed by atoms with Gasteiger partial charge in [-0.1, -0.05) is 6.08 Å². The number of hydrogen-bond donors (Lipinski definition) is 0. The normalized spacial score (nSPS) is 10.7. The van der Waals surface area contributed by atoms with Gasteiger partial charge in [-0.3, -0.25) is 4.79 Å². The van der Waals surface area contributed by atoms with Crippen molar-refractivity contribution < 1.29 is 14.3 Å². The first-order chi connectivity index (χ1) is 5.27. The lowest BCUT2D eigenvalue weighted by molar-refractivity contribution is -0.139. The molecule has 0 N–H and O–H groups in total. The van der Waals surface area contributed by atoms with E-state index in [1.54, 1.807) is 25.3 Å². The molecule has 0 aliphatic carbocycles. The van der Waals surface area contributed by atoms with Crippen molar-refractivity contribution in [3.05, 3.63) is 24.5 Å². The molecule has 3 heteroatoms. The molecule has 0 heterocycles.